The van der Waals surface area contributed by atoms with Crippen molar-refractivity contribution in [3.63, 3.8) is 0 Å². The van der Waals surface area contributed by atoms with Gasteiger partial charge in [-0.2, -0.15) is 0 Å². The van der Waals surface area contributed by atoms with Gasteiger partial charge in [0.15, 0.2) is 0 Å². The summed E-state index contributed by atoms with van der Waals surface area (Å²) in [7, 11) is 0. The second-order valence-corrected chi connectivity index (χ2v) is 19.7. The first-order valence-electron chi connectivity index (χ1n) is 25.0. The van der Waals surface area contributed by atoms with Crippen molar-refractivity contribution in [2.24, 2.45) is 0 Å². The Labute approximate surface area is 424 Å². The molecule has 352 valence electrons. The second kappa shape index (κ2) is 19.0. The summed E-state index contributed by atoms with van der Waals surface area (Å²) in [6.45, 7) is 17.3. The van der Waals surface area contributed by atoms with Gasteiger partial charge in [0.25, 0.3) is 0 Å². The van der Waals surface area contributed by atoms with Crippen molar-refractivity contribution in [2.75, 3.05) is 14.7 Å². The van der Waals surface area contributed by atoms with E-state index in [0.717, 1.165) is 78.6 Å². The number of furan rings is 1. The van der Waals surface area contributed by atoms with E-state index < -0.39 is 0 Å². The predicted molar refractivity (Wildman–Crippen MR) is 307 cm³/mol. The number of nitrogens with zero attached hydrogens (tertiary/aromatic N) is 3. The van der Waals surface area contributed by atoms with Gasteiger partial charge >= 0.3 is 0 Å². The number of benzene rings is 10. The number of aryl methyl sites for hydroxylation is 8. The standard InChI is InChI=1S/C68H59N3O/c1-44-9-23-56(24-10-44)69(64-34-11-45(2)39-49(64)6)57-25-15-52(16-26-57)53-17-27-58(28-18-53)70(65-35-12-46(3)40-50(65)7)59-29-19-54(20-30-59)55-21-31-60(32-22-55)71(66-36-13-47(4)41-51(66)8)61-33-38-68-63(43-61)62-42-48(5)14-37-67(62)72-68/h9-43H,1-8H3. The molecule has 0 bridgehead atoms. The van der Waals surface area contributed by atoms with Crippen molar-refractivity contribution in [1.82, 2.24) is 0 Å². The molecule has 4 nitrogen and oxygen atoms in total. The normalized spacial score (nSPS) is 11.3. The maximum absolute atomic E-state index is 6.28. The monoisotopic (exact) mass is 933 g/mol. The van der Waals surface area contributed by atoms with Gasteiger partial charge in [-0.15, -0.1) is 0 Å². The molecule has 0 fully saturated rings. The molecule has 72 heavy (non-hydrogen) atoms. The molecule has 4 heteroatoms. The first kappa shape index (κ1) is 45.8. The molecular weight excluding hydrogens is 875 g/mol. The molecule has 11 rings (SSSR count). The molecular formula is C68H59N3O. The van der Waals surface area contributed by atoms with Crippen LogP contribution in [0.5, 0.6) is 0 Å². The van der Waals surface area contributed by atoms with Gasteiger partial charge in [0.1, 0.15) is 11.2 Å². The summed E-state index contributed by atoms with van der Waals surface area (Å²) < 4.78 is 6.28. The fourth-order valence-corrected chi connectivity index (χ4v) is 10.4. The first-order chi connectivity index (χ1) is 34.9. The molecule has 0 amide bonds. The predicted octanol–water partition coefficient (Wildman–Crippen LogP) is 19.8. The van der Waals surface area contributed by atoms with Crippen LogP contribution in [0.3, 0.4) is 0 Å². The lowest BCUT2D eigenvalue weighted by Gasteiger charge is -2.28. The van der Waals surface area contributed by atoms with Crippen molar-refractivity contribution in [3.05, 3.63) is 257 Å². The molecule has 0 radical (unpaired) electrons. The van der Waals surface area contributed by atoms with E-state index in [1.54, 1.807) is 0 Å². The van der Waals surface area contributed by atoms with Gasteiger partial charge in [-0.05, 0) is 204 Å². The largest absolute Gasteiger partial charge is 0.456 e. The van der Waals surface area contributed by atoms with Crippen molar-refractivity contribution in [1.29, 1.82) is 0 Å². The molecule has 0 atom stereocenters. The van der Waals surface area contributed by atoms with Gasteiger partial charge in [-0.25, -0.2) is 0 Å². The highest BCUT2D eigenvalue weighted by atomic mass is 16.3. The van der Waals surface area contributed by atoms with E-state index >= 15 is 0 Å². The van der Waals surface area contributed by atoms with E-state index in [1.807, 2.05) is 0 Å². The molecule has 0 saturated heterocycles. The Bertz CT molecular complexity index is 3750. The Morgan fingerprint density at radius 3 is 0.861 bits per heavy atom. The molecule has 0 spiro atoms. The third-order valence-corrected chi connectivity index (χ3v) is 14.1. The summed E-state index contributed by atoms with van der Waals surface area (Å²) in [6, 6.07) is 77.8. The molecule has 0 aliphatic carbocycles. The zero-order valence-electron chi connectivity index (χ0n) is 42.5. The summed E-state index contributed by atoms with van der Waals surface area (Å²) in [5.74, 6) is 0. The van der Waals surface area contributed by atoms with E-state index in [4.69, 9.17) is 4.42 Å². The lowest BCUT2D eigenvalue weighted by atomic mass is 10.0. The third-order valence-electron chi connectivity index (χ3n) is 14.1. The van der Waals surface area contributed by atoms with Gasteiger partial charge in [-0.3, -0.25) is 0 Å². The molecule has 1 aromatic heterocycles. The van der Waals surface area contributed by atoms with Crippen LogP contribution in [0.4, 0.5) is 51.2 Å². The van der Waals surface area contributed by atoms with Crippen molar-refractivity contribution in [2.45, 2.75) is 55.4 Å². The number of hydrogen-bond donors (Lipinski definition) is 0. The van der Waals surface area contributed by atoms with Crippen LogP contribution in [-0.4, -0.2) is 0 Å². The molecule has 0 saturated carbocycles. The highest BCUT2D eigenvalue weighted by molar-refractivity contribution is 6.07. The Balaban J connectivity index is 0.891. The topological polar surface area (TPSA) is 22.9 Å². The van der Waals surface area contributed by atoms with Crippen LogP contribution in [0, 0.1) is 55.4 Å². The SMILES string of the molecule is Cc1ccc(N(c2ccc(-c3ccc(N(c4ccc(-c5ccc(N(c6ccc7oc8ccc(C)cc8c7c6)c6ccc(C)cc6C)cc5)cc4)c4ccc(C)cc4C)cc3)cc2)c2ccc(C)cc2C)cc1. The summed E-state index contributed by atoms with van der Waals surface area (Å²) in [6.07, 6.45) is 0. The van der Waals surface area contributed by atoms with Crippen molar-refractivity contribution < 1.29 is 4.42 Å². The zero-order chi connectivity index (χ0) is 49.6. The van der Waals surface area contributed by atoms with Crippen LogP contribution in [0.25, 0.3) is 44.2 Å². The third kappa shape index (κ3) is 8.93. The fraction of sp³-hybridized carbons (Fsp3) is 0.118. The van der Waals surface area contributed by atoms with E-state index in [0.29, 0.717) is 0 Å². The summed E-state index contributed by atoms with van der Waals surface area (Å²) >= 11 is 0. The minimum Gasteiger partial charge on any atom is -0.456 e. The van der Waals surface area contributed by atoms with Gasteiger partial charge in [-0.1, -0.05) is 131 Å². The Morgan fingerprint density at radius 1 is 0.236 bits per heavy atom. The number of hydrogen-bond acceptors (Lipinski definition) is 4. The van der Waals surface area contributed by atoms with Gasteiger partial charge < -0.3 is 19.1 Å². The second-order valence-electron chi connectivity index (χ2n) is 19.7. The summed E-state index contributed by atoms with van der Waals surface area (Å²) in [5, 5.41) is 2.25. The molecule has 1 heterocycles. The van der Waals surface area contributed by atoms with Crippen LogP contribution in [0.2, 0.25) is 0 Å². The van der Waals surface area contributed by atoms with Gasteiger partial charge in [0, 0.05) is 62.0 Å². The molecule has 0 aliphatic rings. The number of fused-ring (bicyclic) bond motifs is 3. The molecule has 0 unspecified atom stereocenters. The van der Waals surface area contributed by atoms with E-state index in [2.05, 4.69) is 282 Å². The minimum atomic E-state index is 0.892. The number of rotatable bonds is 11. The maximum atomic E-state index is 6.28. The average Bonchev–Trinajstić information content (AvgIpc) is 3.74. The lowest BCUT2D eigenvalue weighted by molar-refractivity contribution is 0.669. The molecule has 0 aliphatic heterocycles. The van der Waals surface area contributed by atoms with Crippen LogP contribution in [-0.2, 0) is 0 Å². The van der Waals surface area contributed by atoms with Crippen molar-refractivity contribution in [3.8, 4) is 22.3 Å². The van der Waals surface area contributed by atoms with Gasteiger partial charge in [0.05, 0.1) is 0 Å². The Morgan fingerprint density at radius 2 is 0.500 bits per heavy atom. The Hall–Kier alpha value is -8.60. The maximum Gasteiger partial charge on any atom is 0.135 e. The quantitative estimate of drug-likeness (QED) is 0.129. The minimum absolute atomic E-state index is 0.892. The van der Waals surface area contributed by atoms with E-state index in [9.17, 15) is 0 Å². The van der Waals surface area contributed by atoms with Crippen molar-refractivity contribution >= 4 is 73.1 Å². The summed E-state index contributed by atoms with van der Waals surface area (Å²) in [4.78, 5) is 7.10. The molecule has 0 N–H and O–H groups in total. The number of anilines is 9. The van der Waals surface area contributed by atoms with E-state index in [1.165, 1.54) is 61.3 Å². The fourth-order valence-electron chi connectivity index (χ4n) is 10.4. The summed E-state index contributed by atoms with van der Waals surface area (Å²) in [5.41, 5.74) is 26.5. The first-order valence-corrected chi connectivity index (χ1v) is 25.0. The van der Waals surface area contributed by atoms with Gasteiger partial charge in [0.2, 0.25) is 0 Å². The molecule has 10 aromatic carbocycles. The lowest BCUT2D eigenvalue weighted by Crippen LogP contribution is -2.11. The Kier molecular flexibility index (Phi) is 12.1. The van der Waals surface area contributed by atoms with Crippen LogP contribution >= 0.6 is 0 Å². The smallest absolute Gasteiger partial charge is 0.135 e. The highest BCUT2D eigenvalue weighted by Crippen LogP contribution is 2.43. The molecule has 11 aromatic rings. The van der Waals surface area contributed by atoms with Crippen LogP contribution in [0.15, 0.2) is 217 Å². The zero-order valence-corrected chi connectivity index (χ0v) is 42.5. The van der Waals surface area contributed by atoms with E-state index in [-0.39, 0.29) is 0 Å². The van der Waals surface area contributed by atoms with Crippen LogP contribution < -0.4 is 14.7 Å². The average molecular weight is 934 g/mol. The van der Waals surface area contributed by atoms with Crippen LogP contribution in [0.1, 0.15) is 44.5 Å². The highest BCUT2D eigenvalue weighted by Gasteiger charge is 2.20.